The van der Waals surface area contributed by atoms with Crippen LogP contribution in [0.5, 0.6) is 5.75 Å². The highest BCUT2D eigenvalue weighted by Crippen LogP contribution is 2.42. The number of hydrogen-bond donors (Lipinski definition) is 1. The molecule has 1 saturated carbocycles. The van der Waals surface area contributed by atoms with Gasteiger partial charge in [-0.2, -0.15) is 11.8 Å². The van der Waals surface area contributed by atoms with Gasteiger partial charge in [-0.25, -0.2) is 0 Å². The fraction of sp³-hybridized carbons (Fsp3) is 0.600. The lowest BCUT2D eigenvalue weighted by Crippen LogP contribution is -2.43. The molecular weight excluding hydrogens is 242 g/mol. The van der Waals surface area contributed by atoms with E-state index in [1.807, 2.05) is 23.9 Å². The minimum atomic E-state index is 0.542. The molecule has 3 heteroatoms. The monoisotopic (exact) mass is 265 g/mol. The van der Waals surface area contributed by atoms with Gasteiger partial charge in [-0.15, -0.1) is 0 Å². The Kier molecular flexibility index (Phi) is 4.95. The lowest BCUT2D eigenvalue weighted by molar-refractivity contribution is 0.347. The van der Waals surface area contributed by atoms with Crippen molar-refractivity contribution in [3.05, 3.63) is 29.8 Å². The van der Waals surface area contributed by atoms with Crippen molar-refractivity contribution in [2.24, 2.45) is 0 Å². The van der Waals surface area contributed by atoms with Crippen molar-refractivity contribution in [1.82, 2.24) is 5.32 Å². The van der Waals surface area contributed by atoms with Gasteiger partial charge in [0.25, 0.3) is 0 Å². The first-order chi connectivity index (χ1) is 8.78. The van der Waals surface area contributed by atoms with E-state index in [1.54, 1.807) is 7.11 Å². The number of nitrogens with one attached hydrogen (secondary N) is 1. The Balaban J connectivity index is 1.68. The summed E-state index contributed by atoms with van der Waals surface area (Å²) in [6.45, 7) is 2.22. The lowest BCUT2D eigenvalue weighted by atomic mass is 9.84. The van der Waals surface area contributed by atoms with Crippen LogP contribution in [0.4, 0.5) is 0 Å². The molecule has 0 unspecified atom stereocenters. The van der Waals surface area contributed by atoms with Gasteiger partial charge in [-0.1, -0.05) is 18.6 Å². The summed E-state index contributed by atoms with van der Waals surface area (Å²) in [7, 11) is 1.71. The summed E-state index contributed by atoms with van der Waals surface area (Å²) >= 11 is 2.03. The van der Waals surface area contributed by atoms with Crippen molar-refractivity contribution >= 4 is 11.8 Å². The van der Waals surface area contributed by atoms with E-state index < -0.39 is 0 Å². The quantitative estimate of drug-likeness (QED) is 0.765. The third-order valence-electron chi connectivity index (χ3n) is 3.89. The highest BCUT2D eigenvalue weighted by molar-refractivity contribution is 8.00. The van der Waals surface area contributed by atoms with Gasteiger partial charge in [0.05, 0.1) is 7.11 Å². The molecule has 0 saturated heterocycles. The van der Waals surface area contributed by atoms with Crippen LogP contribution >= 0.6 is 11.8 Å². The third-order valence-corrected chi connectivity index (χ3v) is 5.31. The van der Waals surface area contributed by atoms with Crippen LogP contribution in [0.15, 0.2) is 24.3 Å². The van der Waals surface area contributed by atoms with E-state index in [2.05, 4.69) is 23.7 Å². The van der Waals surface area contributed by atoms with Crippen molar-refractivity contribution in [1.29, 1.82) is 0 Å². The van der Waals surface area contributed by atoms with Crippen molar-refractivity contribution < 1.29 is 4.74 Å². The second kappa shape index (κ2) is 6.48. The van der Waals surface area contributed by atoms with Gasteiger partial charge in [0.2, 0.25) is 0 Å². The number of rotatable bonds is 7. The van der Waals surface area contributed by atoms with Gasteiger partial charge < -0.3 is 10.1 Å². The first-order valence-corrected chi connectivity index (χ1v) is 7.89. The number of ether oxygens (including phenoxy) is 1. The summed E-state index contributed by atoms with van der Waals surface area (Å²) in [5, 5.41) is 3.60. The van der Waals surface area contributed by atoms with Gasteiger partial charge >= 0.3 is 0 Å². The van der Waals surface area contributed by atoms with Crippen LogP contribution in [-0.4, -0.2) is 31.2 Å². The summed E-state index contributed by atoms with van der Waals surface area (Å²) in [5.41, 5.74) is 1.37. The first kappa shape index (κ1) is 13.8. The van der Waals surface area contributed by atoms with E-state index >= 15 is 0 Å². The zero-order valence-electron chi connectivity index (χ0n) is 11.4. The predicted molar refractivity (Wildman–Crippen MR) is 79.7 cm³/mol. The highest BCUT2D eigenvalue weighted by Gasteiger charge is 2.35. The third kappa shape index (κ3) is 3.42. The molecule has 1 N–H and O–H groups in total. The second-order valence-corrected chi connectivity index (χ2v) is 6.29. The van der Waals surface area contributed by atoms with E-state index in [4.69, 9.17) is 4.74 Å². The van der Waals surface area contributed by atoms with Crippen LogP contribution in [0.25, 0.3) is 0 Å². The molecule has 1 aliphatic rings. The van der Waals surface area contributed by atoms with E-state index in [9.17, 15) is 0 Å². The van der Waals surface area contributed by atoms with Crippen LogP contribution in [0, 0.1) is 0 Å². The summed E-state index contributed by atoms with van der Waals surface area (Å²) in [4.78, 5) is 0. The maximum absolute atomic E-state index is 5.16. The van der Waals surface area contributed by atoms with Gasteiger partial charge in [-0.05, 0) is 49.8 Å². The van der Waals surface area contributed by atoms with Gasteiger partial charge in [0.15, 0.2) is 0 Å². The van der Waals surface area contributed by atoms with Gasteiger partial charge in [-0.3, -0.25) is 0 Å². The molecule has 1 fully saturated rings. The molecule has 0 radical (unpaired) electrons. The molecule has 2 rings (SSSR count). The standard InChI is InChI=1S/C15H23NOS/c1-17-14-6-4-13(5-7-14)8-11-16-12-15(18-2)9-3-10-15/h4-7,16H,3,8-12H2,1-2H3. The zero-order valence-corrected chi connectivity index (χ0v) is 12.2. The van der Waals surface area contributed by atoms with E-state index in [0.29, 0.717) is 4.75 Å². The molecule has 0 heterocycles. The predicted octanol–water partition coefficient (Wildman–Crippen LogP) is 3.11. The Morgan fingerprint density at radius 2 is 2.00 bits per heavy atom. The molecule has 1 aromatic carbocycles. The second-order valence-electron chi connectivity index (χ2n) is 5.02. The van der Waals surface area contributed by atoms with Crippen molar-refractivity contribution in [2.75, 3.05) is 26.5 Å². The van der Waals surface area contributed by atoms with Gasteiger partial charge in [0.1, 0.15) is 5.75 Å². The summed E-state index contributed by atoms with van der Waals surface area (Å²) in [5.74, 6) is 0.933. The van der Waals surface area contributed by atoms with Crippen LogP contribution < -0.4 is 10.1 Å². The Labute approximate surface area is 114 Å². The van der Waals surface area contributed by atoms with Crippen LogP contribution in [0.2, 0.25) is 0 Å². The SMILES string of the molecule is COc1ccc(CCNCC2(SC)CCC2)cc1. The highest BCUT2D eigenvalue weighted by atomic mass is 32.2. The topological polar surface area (TPSA) is 21.3 Å². The number of thioether (sulfide) groups is 1. The molecule has 0 spiro atoms. The fourth-order valence-electron chi connectivity index (χ4n) is 2.37. The molecule has 0 atom stereocenters. The number of hydrogen-bond acceptors (Lipinski definition) is 3. The normalized spacial score (nSPS) is 17.2. The summed E-state index contributed by atoms with van der Waals surface area (Å²) < 4.78 is 5.70. The first-order valence-electron chi connectivity index (χ1n) is 6.67. The molecule has 0 aliphatic heterocycles. The Bertz CT molecular complexity index is 354. The molecule has 0 bridgehead atoms. The summed E-state index contributed by atoms with van der Waals surface area (Å²) in [6.07, 6.45) is 7.49. The molecule has 1 aromatic rings. The fourth-order valence-corrected chi connectivity index (χ4v) is 3.31. The van der Waals surface area contributed by atoms with Crippen LogP contribution in [-0.2, 0) is 6.42 Å². The number of methoxy groups -OCH3 is 1. The molecule has 1 aliphatic carbocycles. The van der Waals surface area contributed by atoms with E-state index in [1.165, 1.54) is 24.8 Å². The molecular formula is C15H23NOS. The Morgan fingerprint density at radius 3 is 2.50 bits per heavy atom. The summed E-state index contributed by atoms with van der Waals surface area (Å²) in [6, 6.07) is 8.36. The molecule has 100 valence electrons. The molecule has 18 heavy (non-hydrogen) atoms. The van der Waals surface area contributed by atoms with Gasteiger partial charge in [0, 0.05) is 11.3 Å². The maximum Gasteiger partial charge on any atom is 0.118 e. The average Bonchev–Trinajstić information content (AvgIpc) is 2.38. The molecule has 0 aromatic heterocycles. The molecule has 2 nitrogen and oxygen atoms in total. The minimum Gasteiger partial charge on any atom is -0.497 e. The van der Waals surface area contributed by atoms with Crippen LogP contribution in [0.1, 0.15) is 24.8 Å². The van der Waals surface area contributed by atoms with Crippen molar-refractivity contribution in [3.63, 3.8) is 0 Å². The Morgan fingerprint density at radius 1 is 1.28 bits per heavy atom. The van der Waals surface area contributed by atoms with Crippen molar-refractivity contribution in [2.45, 2.75) is 30.4 Å². The van der Waals surface area contributed by atoms with E-state index in [-0.39, 0.29) is 0 Å². The van der Waals surface area contributed by atoms with Crippen LogP contribution in [0.3, 0.4) is 0 Å². The smallest absolute Gasteiger partial charge is 0.118 e. The lowest BCUT2D eigenvalue weighted by Gasteiger charge is -2.40. The maximum atomic E-state index is 5.16. The largest absolute Gasteiger partial charge is 0.497 e. The van der Waals surface area contributed by atoms with Crippen molar-refractivity contribution in [3.8, 4) is 5.75 Å². The average molecular weight is 265 g/mol. The molecule has 0 amide bonds. The minimum absolute atomic E-state index is 0.542. The Hall–Kier alpha value is -0.670. The van der Waals surface area contributed by atoms with E-state index in [0.717, 1.165) is 25.3 Å². The zero-order chi connectivity index (χ0) is 12.8. The number of benzene rings is 1.